The predicted octanol–water partition coefficient (Wildman–Crippen LogP) is 3.14. The summed E-state index contributed by atoms with van der Waals surface area (Å²) >= 11 is 0. The van der Waals surface area contributed by atoms with E-state index < -0.39 is 40.6 Å². The minimum absolute atomic E-state index is 0.236. The van der Waals surface area contributed by atoms with Crippen molar-refractivity contribution in [1.82, 2.24) is 15.2 Å². The molecule has 3 aromatic rings. The lowest BCUT2D eigenvalue weighted by atomic mass is 9.99. The number of ether oxygens (including phenoxy) is 1. The van der Waals surface area contributed by atoms with Crippen LogP contribution in [0.25, 0.3) is 10.8 Å². The van der Waals surface area contributed by atoms with E-state index in [0.29, 0.717) is 28.7 Å². The molecule has 4 rings (SSSR count). The third-order valence-electron chi connectivity index (χ3n) is 5.12. The molecular formula is C22H15F4N3O4. The monoisotopic (exact) mass is 461 g/mol. The molecule has 0 aliphatic carbocycles. The van der Waals surface area contributed by atoms with Crippen molar-refractivity contribution in [3.05, 3.63) is 59.5 Å². The maximum atomic E-state index is 14.2. The zero-order chi connectivity index (χ0) is 24.0. The average Bonchev–Trinajstić information content (AvgIpc) is 3.21. The second-order valence-electron chi connectivity index (χ2n) is 7.29. The maximum Gasteiger partial charge on any atom is 0.416 e. The minimum Gasteiger partial charge on any atom is -0.497 e. The number of hydrogen-bond acceptors (Lipinski definition) is 4. The second-order valence-corrected chi connectivity index (χ2v) is 7.29. The van der Waals surface area contributed by atoms with Crippen molar-refractivity contribution < 1.29 is 37.0 Å². The first-order valence-electron chi connectivity index (χ1n) is 9.42. The Labute approximate surface area is 183 Å². The summed E-state index contributed by atoms with van der Waals surface area (Å²) in [7, 11) is 1.46. The van der Waals surface area contributed by atoms with Crippen LogP contribution in [0.5, 0.6) is 11.6 Å². The van der Waals surface area contributed by atoms with Crippen molar-refractivity contribution >= 4 is 22.7 Å². The fourth-order valence-corrected chi connectivity index (χ4v) is 3.43. The van der Waals surface area contributed by atoms with Crippen LogP contribution < -0.4 is 15.4 Å². The molecule has 1 saturated heterocycles. The van der Waals surface area contributed by atoms with Gasteiger partial charge in [-0.1, -0.05) is 11.8 Å². The Morgan fingerprint density at radius 3 is 2.55 bits per heavy atom. The van der Waals surface area contributed by atoms with E-state index in [4.69, 9.17) is 4.74 Å². The summed E-state index contributed by atoms with van der Waals surface area (Å²) in [5.41, 5.74) is -3.50. The molecule has 0 saturated carbocycles. The van der Waals surface area contributed by atoms with Gasteiger partial charge in [0.15, 0.2) is 5.88 Å². The normalized spacial score (nSPS) is 18.0. The smallest absolute Gasteiger partial charge is 0.416 e. The largest absolute Gasteiger partial charge is 0.497 e. The topological polar surface area (TPSA) is 92.6 Å². The number of rotatable bonds is 3. The number of urea groups is 1. The Morgan fingerprint density at radius 2 is 1.94 bits per heavy atom. The van der Waals surface area contributed by atoms with Gasteiger partial charge in [0.05, 0.1) is 24.8 Å². The van der Waals surface area contributed by atoms with Crippen LogP contribution in [-0.2, 0) is 17.5 Å². The summed E-state index contributed by atoms with van der Waals surface area (Å²) in [5.74, 6) is 2.94. The third kappa shape index (κ3) is 4.03. The Hall–Kier alpha value is -4.20. The molecular weight excluding hydrogens is 446 g/mol. The molecule has 0 spiro atoms. The van der Waals surface area contributed by atoms with E-state index in [1.807, 2.05) is 5.32 Å². The van der Waals surface area contributed by atoms with Gasteiger partial charge >= 0.3 is 12.2 Å². The van der Waals surface area contributed by atoms with Crippen LogP contribution in [-0.4, -0.2) is 34.3 Å². The van der Waals surface area contributed by atoms with Crippen LogP contribution in [0.1, 0.15) is 11.1 Å². The molecule has 33 heavy (non-hydrogen) atoms. The van der Waals surface area contributed by atoms with Crippen molar-refractivity contribution in [2.75, 3.05) is 7.11 Å². The minimum atomic E-state index is -4.73. The Bertz CT molecular complexity index is 1350. The number of fused-ring (bicyclic) bond motifs is 1. The molecule has 1 atom stereocenters. The fraction of sp³-hybridized carbons (Fsp3) is 0.182. The van der Waals surface area contributed by atoms with Crippen molar-refractivity contribution in [3.63, 3.8) is 0 Å². The molecule has 1 fully saturated rings. The van der Waals surface area contributed by atoms with E-state index in [-0.39, 0.29) is 12.4 Å². The van der Waals surface area contributed by atoms with Crippen LogP contribution >= 0.6 is 0 Å². The summed E-state index contributed by atoms with van der Waals surface area (Å²) in [6.07, 6.45) is -3.21. The molecule has 170 valence electrons. The van der Waals surface area contributed by atoms with Crippen LogP contribution in [0.2, 0.25) is 0 Å². The van der Waals surface area contributed by atoms with Crippen LogP contribution in [0.15, 0.2) is 42.6 Å². The van der Waals surface area contributed by atoms with E-state index in [1.54, 1.807) is 18.2 Å². The number of imide groups is 1. The Kier molecular flexibility index (Phi) is 5.16. The standard InChI is InChI=1S/C22H15F4N3O4/c1-33-15-5-3-13-10-29(18(30)16(13)9-15)11-21(19(31)27-20(32)28-21)7-6-12-2-4-14(8-17(12)23)22(24,25)26/h2-5,8-10,30H,11H2,1H3,(H2,27,28,31,32)/t21-/m1/s1. The first kappa shape index (κ1) is 22.0. The van der Waals surface area contributed by atoms with Gasteiger partial charge in [-0.2, -0.15) is 13.2 Å². The molecule has 1 aliphatic heterocycles. The lowest BCUT2D eigenvalue weighted by Gasteiger charge is -2.20. The Balaban J connectivity index is 1.74. The van der Waals surface area contributed by atoms with Crippen LogP contribution in [0, 0.1) is 17.7 Å². The number of aromatic nitrogens is 1. The summed E-state index contributed by atoms with van der Waals surface area (Å²) in [5, 5.41) is 16.0. The third-order valence-corrected chi connectivity index (χ3v) is 5.12. The zero-order valence-electron chi connectivity index (χ0n) is 16.9. The second kappa shape index (κ2) is 7.74. The number of benzene rings is 2. The van der Waals surface area contributed by atoms with E-state index in [1.165, 1.54) is 17.9 Å². The first-order valence-corrected chi connectivity index (χ1v) is 9.42. The van der Waals surface area contributed by atoms with Gasteiger partial charge in [-0.3, -0.25) is 10.1 Å². The number of alkyl halides is 3. The summed E-state index contributed by atoms with van der Waals surface area (Å²) in [4.78, 5) is 24.4. The van der Waals surface area contributed by atoms with Gasteiger partial charge in [0.1, 0.15) is 11.6 Å². The number of halogens is 4. The number of carbonyl (C=O) groups is 2. The molecule has 1 aromatic heterocycles. The van der Waals surface area contributed by atoms with Gasteiger partial charge in [-0.15, -0.1) is 0 Å². The summed E-state index contributed by atoms with van der Waals surface area (Å²) in [6.45, 7) is -0.358. The average molecular weight is 461 g/mol. The fourth-order valence-electron chi connectivity index (χ4n) is 3.43. The van der Waals surface area contributed by atoms with Gasteiger partial charge in [0, 0.05) is 17.0 Å². The van der Waals surface area contributed by atoms with E-state index in [9.17, 15) is 32.3 Å². The molecule has 3 amide bonds. The van der Waals surface area contributed by atoms with Crippen LogP contribution in [0.3, 0.4) is 0 Å². The van der Waals surface area contributed by atoms with Gasteiger partial charge in [0.25, 0.3) is 5.91 Å². The molecule has 7 nitrogen and oxygen atoms in total. The number of methoxy groups -OCH3 is 1. The van der Waals surface area contributed by atoms with Gasteiger partial charge in [-0.25, -0.2) is 9.18 Å². The molecule has 11 heteroatoms. The lowest BCUT2D eigenvalue weighted by molar-refractivity contribution is -0.137. The number of nitrogens with one attached hydrogen (secondary N) is 2. The highest BCUT2D eigenvalue weighted by molar-refractivity contribution is 6.09. The predicted molar refractivity (Wildman–Crippen MR) is 108 cm³/mol. The Morgan fingerprint density at radius 1 is 1.18 bits per heavy atom. The number of amides is 3. The molecule has 0 bridgehead atoms. The highest BCUT2D eigenvalue weighted by atomic mass is 19.4. The van der Waals surface area contributed by atoms with Crippen molar-refractivity contribution in [2.45, 2.75) is 18.3 Å². The number of nitrogens with zero attached hydrogens (tertiary/aromatic N) is 1. The van der Waals surface area contributed by atoms with Gasteiger partial charge < -0.3 is 19.7 Å². The molecule has 0 unspecified atom stereocenters. The summed E-state index contributed by atoms with van der Waals surface area (Å²) < 4.78 is 58.9. The molecule has 3 N–H and O–H groups in total. The SMILES string of the molecule is COc1ccc2cn(C[C@@]3(C#Cc4ccc(C(F)(F)F)cc4F)NC(=O)NC3=O)c(O)c2c1. The summed E-state index contributed by atoms with van der Waals surface area (Å²) in [6, 6.07) is 5.84. The van der Waals surface area contributed by atoms with E-state index >= 15 is 0 Å². The van der Waals surface area contributed by atoms with Crippen molar-refractivity contribution in [1.29, 1.82) is 0 Å². The van der Waals surface area contributed by atoms with Crippen molar-refractivity contribution in [2.24, 2.45) is 0 Å². The molecule has 2 heterocycles. The highest BCUT2D eigenvalue weighted by Gasteiger charge is 2.46. The molecule has 2 aromatic carbocycles. The zero-order valence-corrected chi connectivity index (χ0v) is 16.9. The van der Waals surface area contributed by atoms with E-state index in [2.05, 4.69) is 17.2 Å². The van der Waals surface area contributed by atoms with E-state index in [0.717, 1.165) is 6.07 Å². The van der Waals surface area contributed by atoms with Crippen molar-refractivity contribution in [3.8, 4) is 23.5 Å². The van der Waals surface area contributed by atoms with Crippen LogP contribution in [0.4, 0.5) is 22.4 Å². The lowest BCUT2D eigenvalue weighted by Crippen LogP contribution is -2.49. The molecule has 0 radical (unpaired) electrons. The van der Waals surface area contributed by atoms with Gasteiger partial charge in [-0.05, 0) is 36.4 Å². The highest BCUT2D eigenvalue weighted by Crippen LogP contribution is 2.32. The first-order chi connectivity index (χ1) is 15.5. The molecule has 1 aliphatic rings. The maximum absolute atomic E-state index is 14.2. The number of hydrogen-bond donors (Lipinski definition) is 3. The number of carbonyl (C=O) groups excluding carboxylic acids is 2. The quantitative estimate of drug-likeness (QED) is 0.318. The number of aromatic hydroxyl groups is 1. The van der Waals surface area contributed by atoms with Gasteiger partial charge in [0.2, 0.25) is 5.54 Å².